The van der Waals surface area contributed by atoms with Crippen LogP contribution in [0, 0.1) is 5.82 Å². The Bertz CT molecular complexity index is 1570. The molecule has 1 amide bonds. The molecule has 0 aliphatic carbocycles. The highest BCUT2D eigenvalue weighted by Crippen LogP contribution is 2.37. The van der Waals surface area contributed by atoms with Crippen molar-refractivity contribution in [1.29, 1.82) is 0 Å². The average Bonchev–Trinajstić information content (AvgIpc) is 2.94. The first-order valence-electron chi connectivity index (χ1n) is 12.3. The molecular weight excluding hydrogens is 547 g/mol. The van der Waals surface area contributed by atoms with Gasteiger partial charge >= 0.3 is 5.97 Å². The summed E-state index contributed by atoms with van der Waals surface area (Å²) in [6.07, 6.45) is 0.0506. The number of nitrogens with one attached hydrogen (secondary N) is 1. The Labute approximate surface area is 232 Å². The second-order valence-electron chi connectivity index (χ2n) is 9.23. The van der Waals surface area contributed by atoms with Crippen LogP contribution in [0.25, 0.3) is 22.0 Å². The zero-order valence-electron chi connectivity index (χ0n) is 20.9. The minimum Gasteiger partial charge on any atom is -0.480 e. The number of rotatable bonds is 8. The summed E-state index contributed by atoms with van der Waals surface area (Å²) in [5.74, 6) is -1.56. The largest absolute Gasteiger partial charge is 0.480 e. The number of carboxylic acids is 1. The van der Waals surface area contributed by atoms with E-state index in [1.165, 1.54) is 29.3 Å². The van der Waals surface area contributed by atoms with E-state index in [9.17, 15) is 22.8 Å². The van der Waals surface area contributed by atoms with Gasteiger partial charge in [-0.05, 0) is 35.9 Å². The lowest BCUT2D eigenvalue weighted by atomic mass is 10.0. The van der Waals surface area contributed by atoms with Crippen LogP contribution >= 0.6 is 11.6 Å². The van der Waals surface area contributed by atoms with Crippen LogP contribution in [0.1, 0.15) is 11.6 Å². The standard InChI is InChI=1S/C28H23ClF3N5O3/c29-20-13-33-22-7-5-16(11-19(22)26(20)35-27(28(31)32)18-3-1-2-4-21(18)30)17-6-8-23(34-12-17)36-9-10-37(15-25(39)40)24(38)14-36/h1-8,11-13,27-28H,9-10,14-15H2,(H,33,35)(H,39,40)/t27-/m0/s1. The Morgan fingerprint density at radius 3 is 2.50 bits per heavy atom. The molecule has 1 aliphatic heterocycles. The molecule has 2 aromatic heterocycles. The van der Waals surface area contributed by atoms with Crippen molar-refractivity contribution in [3.05, 3.63) is 83.4 Å². The summed E-state index contributed by atoms with van der Waals surface area (Å²) in [5, 5.41) is 12.3. The maximum absolute atomic E-state index is 14.4. The molecule has 0 bridgehead atoms. The lowest BCUT2D eigenvalue weighted by Gasteiger charge is -2.34. The molecule has 8 nitrogen and oxygen atoms in total. The number of alkyl halides is 2. The summed E-state index contributed by atoms with van der Waals surface area (Å²) in [7, 11) is 0. The van der Waals surface area contributed by atoms with Crippen molar-refractivity contribution in [3.8, 4) is 11.1 Å². The van der Waals surface area contributed by atoms with E-state index in [2.05, 4.69) is 15.3 Å². The molecule has 0 radical (unpaired) electrons. The van der Waals surface area contributed by atoms with E-state index in [4.69, 9.17) is 16.7 Å². The molecule has 2 aromatic carbocycles. The minimum absolute atomic E-state index is 0.0160. The fourth-order valence-corrected chi connectivity index (χ4v) is 4.84. The van der Waals surface area contributed by atoms with E-state index in [0.717, 1.165) is 6.07 Å². The van der Waals surface area contributed by atoms with Crippen molar-refractivity contribution >= 4 is 45.9 Å². The lowest BCUT2D eigenvalue weighted by molar-refractivity contribution is -0.144. The number of aromatic nitrogens is 2. The molecule has 0 saturated carbocycles. The summed E-state index contributed by atoms with van der Waals surface area (Å²) < 4.78 is 42.5. The van der Waals surface area contributed by atoms with Crippen molar-refractivity contribution in [2.75, 3.05) is 36.4 Å². The first-order valence-corrected chi connectivity index (χ1v) is 12.7. The highest BCUT2D eigenvalue weighted by atomic mass is 35.5. The molecule has 0 spiro atoms. The number of amides is 1. The maximum Gasteiger partial charge on any atom is 0.323 e. The van der Waals surface area contributed by atoms with Crippen LogP contribution in [-0.2, 0) is 9.59 Å². The van der Waals surface area contributed by atoms with Crippen LogP contribution in [-0.4, -0.2) is 64.5 Å². The Balaban J connectivity index is 1.42. The Kier molecular flexibility index (Phi) is 7.74. The summed E-state index contributed by atoms with van der Waals surface area (Å²) in [4.78, 5) is 35.1. The first-order chi connectivity index (χ1) is 19.2. The number of hydrogen-bond acceptors (Lipinski definition) is 6. The van der Waals surface area contributed by atoms with E-state index >= 15 is 0 Å². The van der Waals surface area contributed by atoms with Gasteiger partial charge in [0.1, 0.15) is 24.2 Å². The molecule has 1 aliphatic rings. The molecule has 0 unspecified atom stereocenters. The number of fused-ring (bicyclic) bond motifs is 1. The van der Waals surface area contributed by atoms with Crippen LogP contribution in [0.3, 0.4) is 0 Å². The summed E-state index contributed by atoms with van der Waals surface area (Å²) in [6, 6.07) is 12.5. The van der Waals surface area contributed by atoms with Crippen LogP contribution in [0.5, 0.6) is 0 Å². The normalized spacial score (nSPS) is 14.6. The number of halogens is 4. The molecule has 40 heavy (non-hydrogen) atoms. The van der Waals surface area contributed by atoms with Crippen molar-refractivity contribution < 1.29 is 27.9 Å². The number of pyridine rings is 2. The quantitative estimate of drug-likeness (QED) is 0.299. The first kappa shape index (κ1) is 27.2. The van der Waals surface area contributed by atoms with Gasteiger partial charge in [0.15, 0.2) is 0 Å². The molecule has 2 N–H and O–H groups in total. The molecule has 12 heteroatoms. The molecule has 1 atom stereocenters. The van der Waals surface area contributed by atoms with E-state index in [1.54, 1.807) is 35.4 Å². The summed E-state index contributed by atoms with van der Waals surface area (Å²) in [6.45, 7) is 0.389. The third kappa shape index (κ3) is 5.64. The second-order valence-corrected chi connectivity index (χ2v) is 9.63. The SMILES string of the molecule is O=C(O)CN1CCN(c2ccc(-c3ccc4ncc(Cl)c(N[C@@H](c5ccccc5F)C(F)F)c4c3)cn2)CC1=O. The third-order valence-corrected chi connectivity index (χ3v) is 6.95. The number of aliphatic carboxylic acids is 1. The lowest BCUT2D eigenvalue weighted by Crippen LogP contribution is -2.52. The predicted octanol–water partition coefficient (Wildman–Crippen LogP) is 5.24. The Hall–Kier alpha value is -4.38. The fourth-order valence-electron chi connectivity index (χ4n) is 4.63. The van der Waals surface area contributed by atoms with Gasteiger partial charge in [0.2, 0.25) is 5.91 Å². The minimum atomic E-state index is -2.92. The zero-order chi connectivity index (χ0) is 28.4. The number of anilines is 2. The number of carbonyl (C=O) groups is 2. The topological polar surface area (TPSA) is 98.7 Å². The van der Waals surface area contributed by atoms with E-state index < -0.39 is 24.3 Å². The molecule has 1 fully saturated rings. The highest BCUT2D eigenvalue weighted by Gasteiger charge is 2.28. The van der Waals surface area contributed by atoms with Crippen molar-refractivity contribution in [2.45, 2.75) is 12.5 Å². The van der Waals surface area contributed by atoms with E-state index in [-0.39, 0.29) is 41.8 Å². The second kappa shape index (κ2) is 11.4. The number of carboxylic acid groups (broad SMARTS) is 1. The van der Waals surface area contributed by atoms with Crippen molar-refractivity contribution in [2.24, 2.45) is 0 Å². The molecule has 1 saturated heterocycles. The van der Waals surface area contributed by atoms with Gasteiger partial charge in [-0.25, -0.2) is 18.2 Å². The maximum atomic E-state index is 14.4. The van der Waals surface area contributed by atoms with E-state index in [0.29, 0.717) is 34.4 Å². The van der Waals surface area contributed by atoms with Crippen LogP contribution in [0.15, 0.2) is 67.0 Å². The molecule has 3 heterocycles. The average molecular weight is 570 g/mol. The van der Waals surface area contributed by atoms with Crippen molar-refractivity contribution in [3.63, 3.8) is 0 Å². The van der Waals surface area contributed by atoms with Crippen molar-refractivity contribution in [1.82, 2.24) is 14.9 Å². The smallest absolute Gasteiger partial charge is 0.323 e. The molecular formula is C28H23ClF3N5O3. The van der Waals surface area contributed by atoms with Gasteiger partial charge in [0.25, 0.3) is 6.43 Å². The van der Waals surface area contributed by atoms with E-state index in [1.807, 2.05) is 6.07 Å². The number of hydrogen-bond donors (Lipinski definition) is 2. The molecule has 206 valence electrons. The molecule has 5 rings (SSSR count). The number of piperazine rings is 1. The Morgan fingerprint density at radius 1 is 1.05 bits per heavy atom. The van der Waals surface area contributed by atoms with Crippen LogP contribution in [0.2, 0.25) is 5.02 Å². The summed E-state index contributed by atoms with van der Waals surface area (Å²) in [5.41, 5.74) is 1.94. The number of benzene rings is 2. The molecule has 4 aromatic rings. The zero-order valence-corrected chi connectivity index (χ0v) is 21.7. The van der Waals surface area contributed by atoms with Gasteiger partial charge in [-0.15, -0.1) is 0 Å². The van der Waals surface area contributed by atoms with Gasteiger partial charge < -0.3 is 20.2 Å². The van der Waals surface area contributed by atoms with Gasteiger partial charge in [-0.3, -0.25) is 14.6 Å². The highest BCUT2D eigenvalue weighted by molar-refractivity contribution is 6.34. The predicted molar refractivity (Wildman–Crippen MR) is 145 cm³/mol. The van der Waals surface area contributed by atoms with Gasteiger partial charge in [-0.1, -0.05) is 35.9 Å². The summed E-state index contributed by atoms with van der Waals surface area (Å²) >= 11 is 6.39. The Morgan fingerprint density at radius 2 is 1.82 bits per heavy atom. The third-order valence-electron chi connectivity index (χ3n) is 6.66. The van der Waals surface area contributed by atoms with Crippen LogP contribution in [0.4, 0.5) is 24.7 Å². The number of carbonyl (C=O) groups excluding carboxylic acids is 1. The van der Waals surface area contributed by atoms with Crippen LogP contribution < -0.4 is 10.2 Å². The number of nitrogens with zero attached hydrogens (tertiary/aromatic N) is 4. The van der Waals surface area contributed by atoms with Gasteiger partial charge in [-0.2, -0.15) is 0 Å². The fraction of sp³-hybridized carbons (Fsp3) is 0.214. The monoisotopic (exact) mass is 569 g/mol. The van der Waals surface area contributed by atoms with Gasteiger partial charge in [0.05, 0.1) is 22.8 Å². The van der Waals surface area contributed by atoms with Gasteiger partial charge in [0, 0.05) is 42.0 Å².